The minimum absolute atomic E-state index is 0.134. The Hall–Kier alpha value is -2.83. The lowest BCUT2D eigenvalue weighted by Crippen LogP contribution is -2.37. The standard InChI is InChI=1S/C23H22ClN3O3/c24-17-2-4-21-20(10-17)14(11-26-21)5-7-25-22(28)19-6-8-27(23(19)29)18-3-1-15-12-30-13-16(15)9-18/h1-4,9-11,19,26H,5-8,12-13H2,(H,25,28). The second-order valence-corrected chi connectivity index (χ2v) is 8.26. The maximum atomic E-state index is 12.9. The number of hydrogen-bond donors (Lipinski definition) is 2. The van der Waals surface area contributed by atoms with Gasteiger partial charge < -0.3 is 19.9 Å². The number of halogens is 1. The van der Waals surface area contributed by atoms with Crippen LogP contribution in [0.25, 0.3) is 10.9 Å². The molecule has 0 spiro atoms. The summed E-state index contributed by atoms with van der Waals surface area (Å²) in [4.78, 5) is 30.5. The summed E-state index contributed by atoms with van der Waals surface area (Å²) in [5, 5.41) is 4.67. The molecule has 1 unspecified atom stereocenters. The van der Waals surface area contributed by atoms with Crippen molar-refractivity contribution in [2.24, 2.45) is 5.92 Å². The Balaban J connectivity index is 1.20. The fraction of sp³-hybridized carbons (Fsp3) is 0.304. The number of fused-ring (bicyclic) bond motifs is 2. The number of amides is 2. The lowest BCUT2D eigenvalue weighted by atomic mass is 10.1. The van der Waals surface area contributed by atoms with Gasteiger partial charge in [-0.3, -0.25) is 9.59 Å². The first-order valence-corrected chi connectivity index (χ1v) is 10.5. The SMILES string of the molecule is O=C(NCCc1c[nH]c2ccc(Cl)cc12)C1CCN(c2ccc3c(c2)COC3)C1=O. The molecule has 2 amide bonds. The summed E-state index contributed by atoms with van der Waals surface area (Å²) in [6.07, 6.45) is 3.13. The largest absolute Gasteiger partial charge is 0.372 e. The van der Waals surface area contributed by atoms with E-state index in [0.717, 1.165) is 27.7 Å². The third-order valence-electron chi connectivity index (χ3n) is 5.96. The van der Waals surface area contributed by atoms with Crippen LogP contribution in [0, 0.1) is 5.92 Å². The molecule has 0 bridgehead atoms. The van der Waals surface area contributed by atoms with Crippen molar-refractivity contribution < 1.29 is 14.3 Å². The van der Waals surface area contributed by atoms with Crippen LogP contribution in [0.1, 0.15) is 23.1 Å². The minimum atomic E-state index is -0.632. The molecule has 5 rings (SSSR count). The summed E-state index contributed by atoms with van der Waals surface area (Å²) in [7, 11) is 0. The zero-order chi connectivity index (χ0) is 20.7. The first-order chi connectivity index (χ1) is 14.6. The zero-order valence-electron chi connectivity index (χ0n) is 16.4. The summed E-state index contributed by atoms with van der Waals surface area (Å²) < 4.78 is 5.45. The number of benzene rings is 2. The number of aromatic amines is 1. The predicted molar refractivity (Wildman–Crippen MR) is 115 cm³/mol. The number of carbonyl (C=O) groups excluding carboxylic acids is 2. The number of H-pyrrole nitrogens is 1. The van der Waals surface area contributed by atoms with Crippen molar-refractivity contribution >= 4 is 40.0 Å². The Bertz CT molecular complexity index is 1140. The van der Waals surface area contributed by atoms with Gasteiger partial charge in [0, 0.05) is 40.9 Å². The highest BCUT2D eigenvalue weighted by molar-refractivity contribution is 6.31. The number of nitrogens with zero attached hydrogens (tertiary/aromatic N) is 1. The molecule has 2 N–H and O–H groups in total. The number of aromatic nitrogens is 1. The van der Waals surface area contributed by atoms with Crippen molar-refractivity contribution in [2.45, 2.75) is 26.1 Å². The van der Waals surface area contributed by atoms with E-state index in [1.54, 1.807) is 4.90 Å². The molecular formula is C23H22ClN3O3. The van der Waals surface area contributed by atoms with E-state index in [4.69, 9.17) is 16.3 Å². The van der Waals surface area contributed by atoms with Crippen LogP contribution in [0.3, 0.4) is 0 Å². The molecule has 2 aromatic carbocycles. The molecular weight excluding hydrogens is 402 g/mol. The van der Waals surface area contributed by atoms with Crippen molar-refractivity contribution in [1.29, 1.82) is 0 Å². The number of nitrogens with one attached hydrogen (secondary N) is 2. The van der Waals surface area contributed by atoms with E-state index < -0.39 is 5.92 Å². The topological polar surface area (TPSA) is 74.4 Å². The van der Waals surface area contributed by atoms with Gasteiger partial charge in [0.2, 0.25) is 11.8 Å². The third kappa shape index (κ3) is 3.46. The van der Waals surface area contributed by atoms with E-state index in [1.807, 2.05) is 42.6 Å². The number of anilines is 1. The lowest BCUT2D eigenvalue weighted by Gasteiger charge is -2.17. The van der Waals surface area contributed by atoms with Gasteiger partial charge in [0.1, 0.15) is 5.92 Å². The Labute approximate surface area is 179 Å². The molecule has 2 aliphatic heterocycles. The molecule has 0 aliphatic carbocycles. The highest BCUT2D eigenvalue weighted by atomic mass is 35.5. The first kappa shape index (κ1) is 19.2. The lowest BCUT2D eigenvalue weighted by molar-refractivity contribution is -0.132. The van der Waals surface area contributed by atoms with Crippen LogP contribution in [-0.4, -0.2) is 29.9 Å². The van der Waals surface area contributed by atoms with E-state index in [9.17, 15) is 9.59 Å². The molecule has 1 fully saturated rings. The minimum Gasteiger partial charge on any atom is -0.372 e. The average Bonchev–Trinajstić information content (AvgIpc) is 3.46. The van der Waals surface area contributed by atoms with Crippen LogP contribution in [-0.2, 0) is 34.0 Å². The number of hydrogen-bond acceptors (Lipinski definition) is 3. The summed E-state index contributed by atoms with van der Waals surface area (Å²) in [6.45, 7) is 2.22. The molecule has 154 valence electrons. The van der Waals surface area contributed by atoms with Crippen LogP contribution in [0.4, 0.5) is 5.69 Å². The summed E-state index contributed by atoms with van der Waals surface area (Å²) in [5.74, 6) is -0.970. The maximum absolute atomic E-state index is 12.9. The molecule has 0 saturated carbocycles. The van der Waals surface area contributed by atoms with Crippen LogP contribution in [0.2, 0.25) is 5.02 Å². The van der Waals surface area contributed by atoms with E-state index in [0.29, 0.717) is 44.2 Å². The van der Waals surface area contributed by atoms with Gasteiger partial charge in [-0.2, -0.15) is 0 Å². The Morgan fingerprint density at radius 2 is 2.07 bits per heavy atom. The molecule has 1 saturated heterocycles. The fourth-order valence-corrected chi connectivity index (χ4v) is 4.48. The second kappa shape index (κ2) is 7.78. The van der Waals surface area contributed by atoms with Gasteiger partial charge in [-0.1, -0.05) is 17.7 Å². The molecule has 1 atom stereocenters. The second-order valence-electron chi connectivity index (χ2n) is 7.82. The molecule has 7 heteroatoms. The summed E-state index contributed by atoms with van der Waals surface area (Å²) in [5.41, 5.74) is 5.23. The van der Waals surface area contributed by atoms with E-state index in [1.165, 1.54) is 5.56 Å². The molecule has 3 heterocycles. The van der Waals surface area contributed by atoms with Crippen molar-refractivity contribution in [3.8, 4) is 0 Å². The van der Waals surface area contributed by atoms with Crippen molar-refractivity contribution in [3.05, 3.63) is 64.3 Å². The molecule has 2 aliphatic rings. The maximum Gasteiger partial charge on any atom is 0.239 e. The van der Waals surface area contributed by atoms with Crippen molar-refractivity contribution in [1.82, 2.24) is 10.3 Å². The number of carbonyl (C=O) groups is 2. The summed E-state index contributed by atoms with van der Waals surface area (Å²) in [6, 6.07) is 11.7. The highest BCUT2D eigenvalue weighted by Crippen LogP contribution is 2.30. The number of ether oxygens (including phenoxy) is 1. The van der Waals surface area contributed by atoms with Gasteiger partial charge in [-0.05, 0) is 59.9 Å². The third-order valence-corrected chi connectivity index (χ3v) is 6.20. The summed E-state index contributed by atoms with van der Waals surface area (Å²) >= 11 is 6.10. The van der Waals surface area contributed by atoms with Gasteiger partial charge in [-0.25, -0.2) is 0 Å². The van der Waals surface area contributed by atoms with Crippen molar-refractivity contribution in [2.75, 3.05) is 18.0 Å². The van der Waals surface area contributed by atoms with E-state index in [-0.39, 0.29) is 11.8 Å². The molecule has 30 heavy (non-hydrogen) atoms. The van der Waals surface area contributed by atoms with Crippen LogP contribution < -0.4 is 10.2 Å². The van der Waals surface area contributed by atoms with Crippen LogP contribution >= 0.6 is 11.6 Å². The Morgan fingerprint density at radius 1 is 1.20 bits per heavy atom. The van der Waals surface area contributed by atoms with Crippen LogP contribution in [0.15, 0.2) is 42.6 Å². The Kier molecular flexibility index (Phi) is 4.97. The van der Waals surface area contributed by atoms with E-state index >= 15 is 0 Å². The average molecular weight is 424 g/mol. The number of rotatable bonds is 5. The van der Waals surface area contributed by atoms with Crippen molar-refractivity contribution in [3.63, 3.8) is 0 Å². The van der Waals surface area contributed by atoms with Gasteiger partial charge in [0.05, 0.1) is 13.2 Å². The van der Waals surface area contributed by atoms with Gasteiger partial charge in [-0.15, -0.1) is 0 Å². The van der Waals surface area contributed by atoms with Gasteiger partial charge >= 0.3 is 0 Å². The molecule has 6 nitrogen and oxygen atoms in total. The smallest absolute Gasteiger partial charge is 0.239 e. The zero-order valence-corrected chi connectivity index (χ0v) is 17.2. The molecule has 3 aromatic rings. The fourth-order valence-electron chi connectivity index (χ4n) is 4.31. The predicted octanol–water partition coefficient (Wildman–Crippen LogP) is 3.56. The first-order valence-electron chi connectivity index (χ1n) is 10.1. The normalized spacial score (nSPS) is 18.2. The van der Waals surface area contributed by atoms with Crippen LogP contribution in [0.5, 0.6) is 0 Å². The molecule has 0 radical (unpaired) electrons. The quantitative estimate of drug-likeness (QED) is 0.616. The highest BCUT2D eigenvalue weighted by Gasteiger charge is 2.37. The Morgan fingerprint density at radius 3 is 2.97 bits per heavy atom. The van der Waals surface area contributed by atoms with E-state index in [2.05, 4.69) is 10.3 Å². The monoisotopic (exact) mass is 423 g/mol. The van der Waals surface area contributed by atoms with Gasteiger partial charge in [0.25, 0.3) is 0 Å². The van der Waals surface area contributed by atoms with Gasteiger partial charge in [0.15, 0.2) is 0 Å². The molecule has 1 aromatic heterocycles.